The molecule has 16 heavy (non-hydrogen) atoms. The molecule has 2 N–H and O–H groups in total. The number of hydrogen-bond acceptors (Lipinski definition) is 3. The monoisotopic (exact) mass is 245 g/mol. The van der Waals surface area contributed by atoms with Crippen molar-refractivity contribution < 1.29 is 4.74 Å². The van der Waals surface area contributed by atoms with Crippen molar-refractivity contribution in [3.63, 3.8) is 0 Å². The minimum atomic E-state index is 0.259. The van der Waals surface area contributed by atoms with Crippen LogP contribution in [0.1, 0.15) is 20.3 Å². The van der Waals surface area contributed by atoms with Gasteiger partial charge in [0, 0.05) is 26.2 Å². The van der Waals surface area contributed by atoms with E-state index in [1.54, 1.807) is 0 Å². The molecule has 0 aromatic rings. The average Bonchev–Trinajstić information content (AvgIpc) is 2.34. The molecule has 0 aromatic carbocycles. The summed E-state index contributed by atoms with van der Waals surface area (Å²) in [7, 11) is 0. The van der Waals surface area contributed by atoms with E-state index in [0.29, 0.717) is 0 Å². The standard InChI is InChI=1S/C11H23N3OS/c1-3-5-12-11(16)13-8-10-9-14(4-2)6-7-15-10/h10H,3-9H2,1-2H3,(H2,12,13,16). The van der Waals surface area contributed by atoms with Crippen LogP contribution in [-0.4, -0.2) is 55.4 Å². The SMILES string of the molecule is CCCNC(=S)NCC1CN(CC)CCO1. The molecule has 0 aliphatic carbocycles. The van der Waals surface area contributed by atoms with Crippen molar-refractivity contribution in [1.82, 2.24) is 15.5 Å². The van der Waals surface area contributed by atoms with Crippen LogP contribution in [0.15, 0.2) is 0 Å². The van der Waals surface area contributed by atoms with Gasteiger partial charge in [-0.15, -0.1) is 0 Å². The summed E-state index contributed by atoms with van der Waals surface area (Å²) in [6.45, 7) is 10.0. The molecule has 1 atom stereocenters. The molecule has 1 saturated heterocycles. The van der Waals surface area contributed by atoms with Crippen LogP contribution in [0.2, 0.25) is 0 Å². The van der Waals surface area contributed by atoms with Crippen molar-refractivity contribution in [2.45, 2.75) is 26.4 Å². The van der Waals surface area contributed by atoms with Gasteiger partial charge in [0.25, 0.3) is 0 Å². The van der Waals surface area contributed by atoms with E-state index in [0.717, 1.165) is 50.9 Å². The Kier molecular flexibility index (Phi) is 6.68. The van der Waals surface area contributed by atoms with E-state index in [1.807, 2.05) is 0 Å². The van der Waals surface area contributed by atoms with Crippen LogP contribution >= 0.6 is 12.2 Å². The highest BCUT2D eigenvalue weighted by Crippen LogP contribution is 2.03. The zero-order chi connectivity index (χ0) is 11.8. The number of nitrogens with zero attached hydrogens (tertiary/aromatic N) is 1. The van der Waals surface area contributed by atoms with Gasteiger partial charge in [-0.25, -0.2) is 0 Å². The van der Waals surface area contributed by atoms with Crippen LogP contribution < -0.4 is 10.6 Å². The van der Waals surface area contributed by atoms with Crippen LogP contribution in [0, 0.1) is 0 Å². The number of rotatable bonds is 5. The number of ether oxygens (including phenoxy) is 1. The zero-order valence-electron chi connectivity index (χ0n) is 10.3. The molecule has 1 fully saturated rings. The first-order valence-electron chi connectivity index (χ1n) is 6.12. The highest BCUT2D eigenvalue weighted by molar-refractivity contribution is 7.80. The second-order valence-electron chi connectivity index (χ2n) is 4.02. The number of likely N-dealkylation sites (N-methyl/N-ethyl adjacent to an activating group) is 1. The molecule has 0 bridgehead atoms. The third-order valence-electron chi connectivity index (χ3n) is 2.70. The molecular weight excluding hydrogens is 222 g/mol. The Hall–Kier alpha value is -0.390. The third-order valence-corrected chi connectivity index (χ3v) is 2.98. The second kappa shape index (κ2) is 7.81. The maximum atomic E-state index is 5.67. The zero-order valence-corrected chi connectivity index (χ0v) is 11.1. The van der Waals surface area contributed by atoms with Crippen molar-refractivity contribution in [2.75, 3.05) is 39.3 Å². The van der Waals surface area contributed by atoms with Gasteiger partial charge in [-0.05, 0) is 25.2 Å². The fourth-order valence-electron chi connectivity index (χ4n) is 1.70. The minimum Gasteiger partial charge on any atom is -0.374 e. The summed E-state index contributed by atoms with van der Waals surface area (Å²) in [5.74, 6) is 0. The Bertz CT molecular complexity index is 213. The van der Waals surface area contributed by atoms with Gasteiger partial charge in [0.1, 0.15) is 0 Å². The van der Waals surface area contributed by atoms with E-state index in [9.17, 15) is 0 Å². The van der Waals surface area contributed by atoms with Crippen LogP contribution in [0.3, 0.4) is 0 Å². The van der Waals surface area contributed by atoms with E-state index in [2.05, 4.69) is 29.4 Å². The third kappa shape index (κ3) is 5.09. The Morgan fingerprint density at radius 1 is 1.44 bits per heavy atom. The Morgan fingerprint density at radius 2 is 2.25 bits per heavy atom. The van der Waals surface area contributed by atoms with Crippen LogP contribution in [0.4, 0.5) is 0 Å². The summed E-state index contributed by atoms with van der Waals surface area (Å²) in [6.07, 6.45) is 1.35. The smallest absolute Gasteiger partial charge is 0.166 e. The highest BCUT2D eigenvalue weighted by Gasteiger charge is 2.18. The molecule has 0 aromatic heterocycles. The number of hydrogen-bond donors (Lipinski definition) is 2. The molecule has 4 nitrogen and oxygen atoms in total. The fraction of sp³-hybridized carbons (Fsp3) is 0.909. The first-order valence-corrected chi connectivity index (χ1v) is 6.52. The first-order chi connectivity index (χ1) is 7.76. The molecule has 5 heteroatoms. The van der Waals surface area contributed by atoms with Crippen LogP contribution in [0.5, 0.6) is 0 Å². The van der Waals surface area contributed by atoms with Gasteiger partial charge in [-0.1, -0.05) is 13.8 Å². The van der Waals surface area contributed by atoms with E-state index >= 15 is 0 Å². The number of thiocarbonyl (C=S) groups is 1. The van der Waals surface area contributed by atoms with Crippen molar-refractivity contribution in [1.29, 1.82) is 0 Å². The van der Waals surface area contributed by atoms with Crippen LogP contribution in [-0.2, 0) is 4.74 Å². The lowest BCUT2D eigenvalue weighted by Crippen LogP contribution is -2.48. The minimum absolute atomic E-state index is 0.259. The summed E-state index contributed by atoms with van der Waals surface area (Å²) >= 11 is 5.15. The summed E-state index contributed by atoms with van der Waals surface area (Å²) < 4.78 is 5.67. The maximum Gasteiger partial charge on any atom is 0.166 e. The first kappa shape index (κ1) is 13.7. The molecule has 1 unspecified atom stereocenters. The van der Waals surface area contributed by atoms with Crippen molar-refractivity contribution in [2.24, 2.45) is 0 Å². The molecule has 0 amide bonds. The van der Waals surface area contributed by atoms with E-state index in [4.69, 9.17) is 17.0 Å². The van der Waals surface area contributed by atoms with Gasteiger partial charge in [-0.2, -0.15) is 0 Å². The molecule has 0 saturated carbocycles. The molecular formula is C11H23N3OS. The van der Waals surface area contributed by atoms with E-state index < -0.39 is 0 Å². The van der Waals surface area contributed by atoms with E-state index in [1.165, 1.54) is 0 Å². The quantitative estimate of drug-likeness (QED) is 0.693. The number of morpholine rings is 1. The fourth-order valence-corrected chi connectivity index (χ4v) is 1.88. The lowest BCUT2D eigenvalue weighted by Gasteiger charge is -2.32. The molecule has 1 aliphatic heterocycles. The normalized spacial score (nSPS) is 21.8. The molecule has 1 aliphatic rings. The summed E-state index contributed by atoms with van der Waals surface area (Å²) in [5.41, 5.74) is 0. The molecule has 0 radical (unpaired) electrons. The summed E-state index contributed by atoms with van der Waals surface area (Å²) in [6, 6.07) is 0. The second-order valence-corrected chi connectivity index (χ2v) is 4.43. The van der Waals surface area contributed by atoms with Crippen molar-refractivity contribution >= 4 is 17.3 Å². The predicted molar refractivity (Wildman–Crippen MR) is 70.7 cm³/mol. The Labute approximate surface area is 104 Å². The topological polar surface area (TPSA) is 36.5 Å². The highest BCUT2D eigenvalue weighted by atomic mass is 32.1. The van der Waals surface area contributed by atoms with Crippen LogP contribution in [0.25, 0.3) is 0 Å². The average molecular weight is 245 g/mol. The summed E-state index contributed by atoms with van der Waals surface area (Å²) in [4.78, 5) is 2.40. The lowest BCUT2D eigenvalue weighted by atomic mass is 10.2. The maximum absolute atomic E-state index is 5.67. The van der Waals surface area contributed by atoms with Gasteiger partial charge in [0.2, 0.25) is 0 Å². The van der Waals surface area contributed by atoms with Crippen molar-refractivity contribution in [3.05, 3.63) is 0 Å². The van der Waals surface area contributed by atoms with Crippen molar-refractivity contribution in [3.8, 4) is 0 Å². The summed E-state index contributed by atoms with van der Waals surface area (Å²) in [5, 5.41) is 7.08. The Morgan fingerprint density at radius 3 is 2.94 bits per heavy atom. The van der Waals surface area contributed by atoms with Gasteiger partial charge in [-0.3, -0.25) is 4.90 Å². The van der Waals surface area contributed by atoms with Gasteiger partial charge >= 0.3 is 0 Å². The molecule has 94 valence electrons. The van der Waals surface area contributed by atoms with Gasteiger partial charge in [0.15, 0.2) is 5.11 Å². The predicted octanol–water partition coefficient (Wildman–Crippen LogP) is 0.581. The molecule has 0 spiro atoms. The largest absolute Gasteiger partial charge is 0.374 e. The van der Waals surface area contributed by atoms with Gasteiger partial charge < -0.3 is 15.4 Å². The lowest BCUT2D eigenvalue weighted by molar-refractivity contribution is -0.0233. The molecule has 1 heterocycles. The molecule has 1 rings (SSSR count). The van der Waals surface area contributed by atoms with E-state index in [-0.39, 0.29) is 6.10 Å². The Balaban J connectivity index is 2.14. The number of nitrogens with one attached hydrogen (secondary N) is 2. The van der Waals surface area contributed by atoms with Gasteiger partial charge in [0.05, 0.1) is 12.7 Å².